The maximum Gasteiger partial charge on any atom is 0.0940 e. The summed E-state index contributed by atoms with van der Waals surface area (Å²) >= 11 is 0. The summed E-state index contributed by atoms with van der Waals surface area (Å²) in [5, 5.41) is 8.60. The van der Waals surface area contributed by atoms with Crippen molar-refractivity contribution in [1.82, 2.24) is 9.80 Å². The van der Waals surface area contributed by atoms with Crippen molar-refractivity contribution in [2.45, 2.75) is 31.3 Å². The van der Waals surface area contributed by atoms with Gasteiger partial charge in [0.05, 0.1) is 12.1 Å². The lowest BCUT2D eigenvalue weighted by molar-refractivity contribution is 0.133. The van der Waals surface area contributed by atoms with Crippen molar-refractivity contribution in [3.05, 3.63) is 0 Å². The van der Waals surface area contributed by atoms with Gasteiger partial charge in [-0.25, -0.2) is 0 Å². The zero-order chi connectivity index (χ0) is 11.3. The molecule has 1 heterocycles. The maximum atomic E-state index is 8.60. The summed E-state index contributed by atoms with van der Waals surface area (Å²) in [6.45, 7) is 3.27. The minimum Gasteiger partial charge on any atom is -0.316 e. The molecule has 0 spiro atoms. The van der Waals surface area contributed by atoms with E-state index in [1.54, 1.807) is 0 Å². The highest BCUT2D eigenvalue weighted by molar-refractivity contribution is 4.87. The van der Waals surface area contributed by atoms with Gasteiger partial charge in [-0.3, -0.25) is 0 Å². The highest BCUT2D eigenvalue weighted by atomic mass is 15.2. The molecule has 15 heavy (non-hydrogen) atoms. The van der Waals surface area contributed by atoms with Gasteiger partial charge in [0.2, 0.25) is 0 Å². The molecule has 1 rings (SSSR count). The Morgan fingerprint density at radius 3 is 3.00 bits per heavy atom. The summed E-state index contributed by atoms with van der Waals surface area (Å²) in [6, 6.07) is 2.40. The largest absolute Gasteiger partial charge is 0.316 e. The van der Waals surface area contributed by atoms with Crippen LogP contribution in [0.15, 0.2) is 0 Å². The zero-order valence-electron chi connectivity index (χ0n) is 9.82. The fraction of sp³-hybridized carbons (Fsp3) is 0.909. The van der Waals surface area contributed by atoms with E-state index >= 15 is 0 Å². The third kappa shape index (κ3) is 4.17. The van der Waals surface area contributed by atoms with Gasteiger partial charge < -0.3 is 15.5 Å². The van der Waals surface area contributed by atoms with Gasteiger partial charge in [0.15, 0.2) is 0 Å². The molecule has 2 N–H and O–H groups in total. The Kier molecular flexibility index (Phi) is 5.03. The van der Waals surface area contributed by atoms with E-state index in [0.717, 1.165) is 19.5 Å². The highest BCUT2D eigenvalue weighted by Crippen LogP contribution is 2.13. The van der Waals surface area contributed by atoms with Crippen LogP contribution in [0.25, 0.3) is 0 Å². The Morgan fingerprint density at radius 2 is 2.40 bits per heavy atom. The summed E-state index contributed by atoms with van der Waals surface area (Å²) in [7, 11) is 4.30. The van der Waals surface area contributed by atoms with E-state index in [0.29, 0.717) is 6.04 Å². The summed E-state index contributed by atoms with van der Waals surface area (Å²) in [4.78, 5) is 4.71. The van der Waals surface area contributed by atoms with E-state index in [4.69, 9.17) is 11.0 Å². The SMILES string of the molecule is CN1CCCC(N(C)CCC(N)C#N)C1. The molecule has 0 aromatic rings. The Labute approximate surface area is 92.6 Å². The molecule has 1 aliphatic heterocycles. The van der Waals surface area contributed by atoms with Crippen molar-refractivity contribution in [1.29, 1.82) is 5.26 Å². The average molecular weight is 210 g/mol. The molecule has 4 heteroatoms. The number of hydrogen-bond acceptors (Lipinski definition) is 4. The number of piperidine rings is 1. The third-order valence-electron chi connectivity index (χ3n) is 3.18. The predicted octanol–water partition coefficient (Wildman–Crippen LogP) is 0.253. The lowest BCUT2D eigenvalue weighted by Crippen LogP contribution is -2.45. The second-order valence-corrected chi connectivity index (χ2v) is 4.56. The molecular weight excluding hydrogens is 188 g/mol. The molecule has 0 saturated carbocycles. The first-order valence-corrected chi connectivity index (χ1v) is 5.67. The molecule has 0 aromatic heterocycles. The quantitative estimate of drug-likeness (QED) is 0.723. The monoisotopic (exact) mass is 210 g/mol. The van der Waals surface area contributed by atoms with Crippen molar-refractivity contribution >= 4 is 0 Å². The molecule has 1 saturated heterocycles. The first-order valence-electron chi connectivity index (χ1n) is 5.67. The number of hydrogen-bond donors (Lipinski definition) is 1. The number of likely N-dealkylation sites (tertiary alicyclic amines) is 1. The molecule has 0 radical (unpaired) electrons. The Hall–Kier alpha value is -0.630. The zero-order valence-corrected chi connectivity index (χ0v) is 9.82. The minimum absolute atomic E-state index is 0.311. The maximum absolute atomic E-state index is 8.60. The molecule has 4 nitrogen and oxygen atoms in total. The number of nitrogens with two attached hydrogens (primary N) is 1. The summed E-state index contributed by atoms with van der Waals surface area (Å²) in [5.74, 6) is 0. The fourth-order valence-electron chi connectivity index (χ4n) is 2.09. The molecule has 0 aliphatic carbocycles. The van der Waals surface area contributed by atoms with Gasteiger partial charge in [0.1, 0.15) is 0 Å². The number of likely N-dealkylation sites (N-methyl/N-ethyl adjacent to an activating group) is 2. The van der Waals surface area contributed by atoms with E-state index in [1.807, 2.05) is 0 Å². The van der Waals surface area contributed by atoms with Crippen LogP contribution in [0.2, 0.25) is 0 Å². The lowest BCUT2D eigenvalue weighted by atomic mass is 10.0. The van der Waals surface area contributed by atoms with Gasteiger partial charge in [-0.15, -0.1) is 0 Å². The minimum atomic E-state index is -0.311. The molecule has 86 valence electrons. The van der Waals surface area contributed by atoms with E-state index in [1.165, 1.54) is 19.4 Å². The molecule has 1 aliphatic rings. The first kappa shape index (κ1) is 12.4. The van der Waals surface area contributed by atoms with Crippen LogP contribution in [0.5, 0.6) is 0 Å². The van der Waals surface area contributed by atoms with Crippen LogP contribution in [-0.2, 0) is 0 Å². The van der Waals surface area contributed by atoms with Crippen LogP contribution < -0.4 is 5.73 Å². The van der Waals surface area contributed by atoms with Crippen LogP contribution in [-0.4, -0.2) is 55.6 Å². The van der Waals surface area contributed by atoms with Crippen molar-refractivity contribution in [2.75, 3.05) is 33.7 Å². The second kappa shape index (κ2) is 6.06. The standard InChI is InChI=1S/C11H22N4/c1-14-6-3-4-11(9-14)15(2)7-5-10(13)8-12/h10-11H,3-7,9,13H2,1-2H3. The Bertz CT molecular complexity index is 223. The smallest absolute Gasteiger partial charge is 0.0940 e. The van der Waals surface area contributed by atoms with Crippen LogP contribution in [0.1, 0.15) is 19.3 Å². The lowest BCUT2D eigenvalue weighted by Gasteiger charge is -2.36. The topological polar surface area (TPSA) is 56.3 Å². The third-order valence-corrected chi connectivity index (χ3v) is 3.18. The van der Waals surface area contributed by atoms with Gasteiger partial charge in [0.25, 0.3) is 0 Å². The van der Waals surface area contributed by atoms with E-state index < -0.39 is 0 Å². The van der Waals surface area contributed by atoms with E-state index in [2.05, 4.69) is 30.0 Å². The average Bonchev–Trinajstić information content (AvgIpc) is 2.25. The Balaban J connectivity index is 2.27. The van der Waals surface area contributed by atoms with Gasteiger partial charge in [-0.2, -0.15) is 5.26 Å². The number of nitriles is 1. The van der Waals surface area contributed by atoms with Gasteiger partial charge in [-0.05, 0) is 39.9 Å². The summed E-state index contributed by atoms with van der Waals surface area (Å²) < 4.78 is 0. The van der Waals surface area contributed by atoms with Crippen LogP contribution in [0, 0.1) is 11.3 Å². The van der Waals surface area contributed by atoms with Gasteiger partial charge in [0, 0.05) is 19.1 Å². The molecule has 1 fully saturated rings. The molecule has 0 amide bonds. The first-order chi connectivity index (χ1) is 7.13. The molecule has 0 bridgehead atoms. The van der Waals surface area contributed by atoms with Gasteiger partial charge in [-0.1, -0.05) is 0 Å². The van der Waals surface area contributed by atoms with Crippen molar-refractivity contribution in [2.24, 2.45) is 5.73 Å². The highest BCUT2D eigenvalue weighted by Gasteiger charge is 2.20. The summed E-state index contributed by atoms with van der Waals surface area (Å²) in [6.07, 6.45) is 3.31. The molecule has 2 unspecified atom stereocenters. The number of nitrogens with zero attached hydrogens (tertiary/aromatic N) is 3. The van der Waals surface area contributed by atoms with Crippen molar-refractivity contribution in [3.63, 3.8) is 0 Å². The van der Waals surface area contributed by atoms with Crippen LogP contribution in [0.3, 0.4) is 0 Å². The van der Waals surface area contributed by atoms with E-state index in [9.17, 15) is 0 Å². The van der Waals surface area contributed by atoms with Crippen molar-refractivity contribution in [3.8, 4) is 6.07 Å². The van der Waals surface area contributed by atoms with Crippen molar-refractivity contribution < 1.29 is 0 Å². The predicted molar refractivity (Wildman–Crippen MR) is 61.4 cm³/mol. The second-order valence-electron chi connectivity index (χ2n) is 4.56. The summed E-state index contributed by atoms with van der Waals surface area (Å²) in [5.41, 5.74) is 5.58. The normalized spacial score (nSPS) is 25.1. The Morgan fingerprint density at radius 1 is 1.67 bits per heavy atom. The van der Waals surface area contributed by atoms with Crippen LogP contribution in [0.4, 0.5) is 0 Å². The van der Waals surface area contributed by atoms with E-state index in [-0.39, 0.29) is 6.04 Å². The molecular formula is C11H22N4. The number of rotatable bonds is 4. The molecule has 0 aromatic carbocycles. The van der Waals surface area contributed by atoms with Gasteiger partial charge >= 0.3 is 0 Å². The fourth-order valence-corrected chi connectivity index (χ4v) is 2.09. The van der Waals surface area contributed by atoms with Crippen LogP contribution >= 0.6 is 0 Å². The molecule has 2 atom stereocenters.